The fourth-order valence-electron chi connectivity index (χ4n) is 5.41. The van der Waals surface area contributed by atoms with Gasteiger partial charge in [0.25, 0.3) is 0 Å². The number of benzene rings is 3. The molecule has 1 aliphatic carbocycles. The normalized spacial score (nSPS) is 16.2. The van der Waals surface area contributed by atoms with Gasteiger partial charge in [0, 0.05) is 17.5 Å². The molecule has 0 saturated heterocycles. The summed E-state index contributed by atoms with van der Waals surface area (Å²) in [5, 5.41) is 2.66. The molecule has 3 aromatic carbocycles. The maximum Gasteiger partial charge on any atom is 0.212 e. The Morgan fingerprint density at radius 1 is 0.700 bits per heavy atom. The van der Waals surface area contributed by atoms with Crippen LogP contribution in [0.25, 0.3) is 33.2 Å². The van der Waals surface area contributed by atoms with Crippen LogP contribution in [0.4, 0.5) is 0 Å². The first kappa shape index (κ1) is 19.1. The first-order valence-corrected chi connectivity index (χ1v) is 10.9. The van der Waals surface area contributed by atoms with E-state index >= 15 is 0 Å². The van der Waals surface area contributed by atoms with Crippen LogP contribution < -0.4 is 4.57 Å². The molecule has 0 N–H and O–H groups in total. The van der Waals surface area contributed by atoms with Gasteiger partial charge in [-0.3, -0.25) is 0 Å². The molecule has 0 aliphatic heterocycles. The molecule has 0 radical (unpaired) electrons. The number of nitrogens with zero attached hydrogens (tertiary/aromatic N) is 1. The average Bonchev–Trinajstić information content (AvgIpc) is 2.72. The highest BCUT2D eigenvalue weighted by molar-refractivity contribution is 6.02. The highest BCUT2D eigenvalue weighted by Gasteiger charge is 2.48. The first-order chi connectivity index (χ1) is 14.2. The molecule has 1 nitrogen and oxygen atoms in total. The van der Waals surface area contributed by atoms with Crippen molar-refractivity contribution in [3.8, 4) is 22.4 Å². The molecule has 0 atom stereocenters. The van der Waals surface area contributed by atoms with Crippen LogP contribution in [0, 0.1) is 6.92 Å². The zero-order chi connectivity index (χ0) is 21.3. The van der Waals surface area contributed by atoms with Gasteiger partial charge in [-0.25, -0.2) is 4.57 Å². The molecule has 5 rings (SSSR count). The minimum atomic E-state index is -0.0258. The van der Waals surface area contributed by atoms with Gasteiger partial charge in [-0.2, -0.15) is 0 Å². The van der Waals surface area contributed by atoms with Crippen LogP contribution in [0.15, 0.2) is 72.9 Å². The van der Waals surface area contributed by atoms with Gasteiger partial charge < -0.3 is 0 Å². The zero-order valence-corrected chi connectivity index (χ0v) is 18.9. The van der Waals surface area contributed by atoms with Crippen molar-refractivity contribution in [3.63, 3.8) is 0 Å². The molecule has 0 saturated carbocycles. The second-order valence-electron chi connectivity index (χ2n) is 9.84. The maximum absolute atomic E-state index is 2.43. The van der Waals surface area contributed by atoms with E-state index in [0.29, 0.717) is 0 Å². The van der Waals surface area contributed by atoms with Gasteiger partial charge >= 0.3 is 0 Å². The number of aromatic nitrogens is 1. The van der Waals surface area contributed by atoms with Crippen LogP contribution in [-0.2, 0) is 17.9 Å². The van der Waals surface area contributed by atoms with Crippen molar-refractivity contribution in [2.75, 3.05) is 0 Å². The third-order valence-corrected chi connectivity index (χ3v) is 7.78. The minimum Gasteiger partial charge on any atom is -0.201 e. The van der Waals surface area contributed by atoms with Crippen LogP contribution in [0.5, 0.6) is 0 Å². The first-order valence-electron chi connectivity index (χ1n) is 10.9. The highest BCUT2D eigenvalue weighted by atomic mass is 14.9. The fraction of sp³-hybridized carbons (Fsp3) is 0.276. The summed E-state index contributed by atoms with van der Waals surface area (Å²) in [5.74, 6) is 0. The van der Waals surface area contributed by atoms with Crippen molar-refractivity contribution < 1.29 is 4.57 Å². The van der Waals surface area contributed by atoms with Crippen molar-refractivity contribution in [2.45, 2.75) is 45.4 Å². The lowest BCUT2D eigenvalue weighted by Crippen LogP contribution is -2.44. The van der Waals surface area contributed by atoms with Crippen LogP contribution in [0.2, 0.25) is 0 Å². The number of pyridine rings is 1. The van der Waals surface area contributed by atoms with Gasteiger partial charge in [-0.05, 0) is 57.0 Å². The summed E-state index contributed by atoms with van der Waals surface area (Å²) in [6.07, 6.45) is 2.15. The van der Waals surface area contributed by atoms with E-state index in [1.165, 1.54) is 49.8 Å². The number of aryl methyl sites for hydroxylation is 2. The smallest absolute Gasteiger partial charge is 0.201 e. The summed E-state index contributed by atoms with van der Waals surface area (Å²) >= 11 is 0. The predicted octanol–water partition coefficient (Wildman–Crippen LogP) is 6.88. The molecule has 1 heterocycles. The van der Waals surface area contributed by atoms with Crippen LogP contribution in [0.3, 0.4) is 0 Å². The summed E-state index contributed by atoms with van der Waals surface area (Å²) in [6.45, 7) is 11.9. The van der Waals surface area contributed by atoms with Gasteiger partial charge in [0.2, 0.25) is 5.69 Å². The molecular weight excluding hydrogens is 362 g/mol. The number of hydrogen-bond donors (Lipinski definition) is 0. The lowest BCUT2D eigenvalue weighted by Gasteiger charge is -2.49. The summed E-state index contributed by atoms with van der Waals surface area (Å²) in [7, 11) is 2.15. The van der Waals surface area contributed by atoms with E-state index in [1.807, 2.05) is 0 Å². The van der Waals surface area contributed by atoms with Gasteiger partial charge in [0.05, 0.1) is 5.56 Å². The monoisotopic (exact) mass is 392 g/mol. The summed E-state index contributed by atoms with van der Waals surface area (Å²) in [6, 6.07) is 24.7. The second-order valence-corrected chi connectivity index (χ2v) is 9.84. The lowest BCUT2D eigenvalue weighted by atomic mass is 9.54. The number of fused-ring (bicyclic) bond motifs is 5. The average molecular weight is 393 g/mol. The topological polar surface area (TPSA) is 3.88 Å². The van der Waals surface area contributed by atoms with Crippen molar-refractivity contribution in [1.82, 2.24) is 0 Å². The quantitative estimate of drug-likeness (QED) is 0.311. The Hall–Kier alpha value is -2.93. The van der Waals surface area contributed by atoms with Crippen LogP contribution in [0.1, 0.15) is 44.4 Å². The van der Waals surface area contributed by atoms with E-state index in [-0.39, 0.29) is 10.8 Å². The van der Waals surface area contributed by atoms with Crippen molar-refractivity contribution in [3.05, 3.63) is 89.6 Å². The summed E-state index contributed by atoms with van der Waals surface area (Å²) < 4.78 is 2.25. The largest absolute Gasteiger partial charge is 0.212 e. The predicted molar refractivity (Wildman–Crippen MR) is 127 cm³/mol. The van der Waals surface area contributed by atoms with E-state index in [4.69, 9.17) is 0 Å². The van der Waals surface area contributed by atoms with Gasteiger partial charge in [-0.15, -0.1) is 0 Å². The Kier molecular flexibility index (Phi) is 3.99. The third-order valence-electron chi connectivity index (χ3n) is 7.78. The third kappa shape index (κ3) is 2.38. The van der Waals surface area contributed by atoms with Gasteiger partial charge in [0.15, 0.2) is 6.20 Å². The molecule has 30 heavy (non-hydrogen) atoms. The maximum atomic E-state index is 2.43. The molecule has 1 aromatic heterocycles. The van der Waals surface area contributed by atoms with Gasteiger partial charge in [0.1, 0.15) is 7.05 Å². The Morgan fingerprint density at radius 3 is 2.20 bits per heavy atom. The Labute approximate surface area is 180 Å². The molecule has 0 fully saturated rings. The molecule has 0 spiro atoms. The summed E-state index contributed by atoms with van der Waals surface area (Å²) in [4.78, 5) is 0. The molecule has 1 aliphatic rings. The molecule has 0 amide bonds. The molecular formula is C29H30N+. The molecule has 0 bridgehead atoms. The number of hydrogen-bond acceptors (Lipinski definition) is 0. The van der Waals surface area contributed by atoms with Crippen molar-refractivity contribution in [1.29, 1.82) is 0 Å². The number of rotatable bonds is 1. The lowest BCUT2D eigenvalue weighted by molar-refractivity contribution is -0.660. The fourth-order valence-corrected chi connectivity index (χ4v) is 5.41. The van der Waals surface area contributed by atoms with Crippen molar-refractivity contribution >= 4 is 10.8 Å². The van der Waals surface area contributed by atoms with Crippen LogP contribution in [-0.4, -0.2) is 0 Å². The Morgan fingerprint density at radius 2 is 1.43 bits per heavy atom. The Balaban J connectivity index is 2.00. The van der Waals surface area contributed by atoms with E-state index in [0.717, 1.165) is 0 Å². The van der Waals surface area contributed by atoms with Crippen molar-refractivity contribution in [2.24, 2.45) is 7.05 Å². The van der Waals surface area contributed by atoms with Gasteiger partial charge in [-0.1, -0.05) is 76.2 Å². The highest BCUT2D eigenvalue weighted by Crippen LogP contribution is 2.57. The molecule has 4 aromatic rings. The minimum absolute atomic E-state index is 0.00470. The Bertz CT molecular complexity index is 1310. The standard InChI is InChI=1S/C29H30N/c1-19-14-16-22-26-21-12-8-7-11-20(21)15-17-23(26)28(2,3)29(4,5)27(22)25(19)24-13-9-10-18-30(24)6/h7-18H,1-6H3/q+1. The SMILES string of the molecule is Cc1ccc2c(c1-c1cccc[n+]1C)C(C)(C)C(C)(C)c1ccc3ccccc3c1-2. The van der Waals surface area contributed by atoms with E-state index in [2.05, 4.69) is 119 Å². The second kappa shape index (κ2) is 6.28. The molecule has 0 unspecified atom stereocenters. The van der Waals surface area contributed by atoms with Crippen LogP contribution >= 0.6 is 0 Å². The zero-order valence-electron chi connectivity index (χ0n) is 18.9. The summed E-state index contributed by atoms with van der Waals surface area (Å²) in [5.41, 5.74) is 9.68. The molecule has 1 heteroatoms. The van der Waals surface area contributed by atoms with E-state index in [1.54, 1.807) is 0 Å². The molecule has 150 valence electrons. The van der Waals surface area contributed by atoms with E-state index in [9.17, 15) is 0 Å². The van der Waals surface area contributed by atoms with E-state index < -0.39 is 0 Å².